The highest BCUT2D eigenvalue weighted by atomic mass is 16.2. The molecule has 5 nitrogen and oxygen atoms in total. The molecule has 0 aromatic heterocycles. The van der Waals surface area contributed by atoms with Crippen LogP contribution in [-0.4, -0.2) is 28.5 Å². The average molecular weight is 469 g/mol. The van der Waals surface area contributed by atoms with Crippen molar-refractivity contribution >= 4 is 17.6 Å². The van der Waals surface area contributed by atoms with E-state index in [1.54, 1.807) is 17.0 Å². The molecule has 180 valence electrons. The number of ketones is 1. The summed E-state index contributed by atoms with van der Waals surface area (Å²) in [4.78, 5) is 42.7. The van der Waals surface area contributed by atoms with Gasteiger partial charge in [-0.05, 0) is 16.5 Å². The molecule has 0 saturated carbocycles. The molecule has 1 aliphatic heterocycles. The van der Waals surface area contributed by atoms with Crippen LogP contribution in [0.4, 0.5) is 0 Å². The lowest BCUT2D eigenvalue weighted by atomic mass is 9.76. The average Bonchev–Trinajstić information content (AvgIpc) is 3.21. The fourth-order valence-corrected chi connectivity index (χ4v) is 5.27. The van der Waals surface area contributed by atoms with Gasteiger partial charge in [-0.15, -0.1) is 0 Å². The van der Waals surface area contributed by atoms with Crippen molar-refractivity contribution in [2.75, 3.05) is 0 Å². The Bertz CT molecular complexity index is 1190. The van der Waals surface area contributed by atoms with Gasteiger partial charge < -0.3 is 10.6 Å². The Labute approximate surface area is 207 Å². The van der Waals surface area contributed by atoms with Gasteiger partial charge in [0.25, 0.3) is 0 Å². The molecule has 1 aliphatic rings. The van der Waals surface area contributed by atoms with Crippen LogP contribution in [0.15, 0.2) is 91.0 Å². The smallest absolute Gasteiger partial charge is 0.240 e. The lowest BCUT2D eigenvalue weighted by molar-refractivity contribution is -0.141. The van der Waals surface area contributed by atoms with Crippen molar-refractivity contribution in [1.29, 1.82) is 0 Å². The van der Waals surface area contributed by atoms with Crippen LogP contribution in [0.5, 0.6) is 0 Å². The number of rotatable bonds is 6. The van der Waals surface area contributed by atoms with Gasteiger partial charge in [0, 0.05) is 17.9 Å². The first-order valence-electron chi connectivity index (χ1n) is 12.0. The number of likely N-dealkylation sites (tertiary alicyclic amines) is 1. The van der Waals surface area contributed by atoms with Crippen molar-refractivity contribution in [2.45, 2.75) is 45.2 Å². The Morgan fingerprint density at radius 1 is 0.771 bits per heavy atom. The third kappa shape index (κ3) is 5.04. The standard InChI is InChI=1S/C30H32N2O3/c1-30(2,3)19-23(33)32-26(21-15-9-5-10-16-21)25(28(34)22-17-11-6-12-18-22)24(27(32)29(31)35)20-13-7-4-8-14-20/h4-18,24-27H,19H2,1-3H3,(H2,31,35). The van der Waals surface area contributed by atoms with Gasteiger partial charge in [0.1, 0.15) is 6.04 Å². The summed E-state index contributed by atoms with van der Waals surface area (Å²) in [6.07, 6.45) is 0.230. The van der Waals surface area contributed by atoms with Crippen LogP contribution in [0.2, 0.25) is 0 Å². The molecule has 1 fully saturated rings. The molecule has 0 spiro atoms. The number of hydrogen-bond acceptors (Lipinski definition) is 3. The van der Waals surface area contributed by atoms with E-state index >= 15 is 0 Å². The highest BCUT2D eigenvalue weighted by Gasteiger charge is 2.56. The predicted molar refractivity (Wildman–Crippen MR) is 137 cm³/mol. The van der Waals surface area contributed by atoms with Crippen LogP contribution in [0.1, 0.15) is 60.6 Å². The maximum absolute atomic E-state index is 14.1. The van der Waals surface area contributed by atoms with Gasteiger partial charge in [-0.25, -0.2) is 0 Å². The first-order chi connectivity index (χ1) is 16.7. The number of Topliss-reactive ketones (excluding diaryl/α,β-unsaturated/α-hetero) is 1. The van der Waals surface area contributed by atoms with E-state index in [0.29, 0.717) is 5.56 Å². The zero-order valence-corrected chi connectivity index (χ0v) is 20.4. The predicted octanol–water partition coefficient (Wildman–Crippen LogP) is 5.14. The second-order valence-electron chi connectivity index (χ2n) is 10.4. The molecule has 0 radical (unpaired) electrons. The van der Waals surface area contributed by atoms with Gasteiger partial charge in [-0.1, -0.05) is 112 Å². The van der Waals surface area contributed by atoms with Gasteiger partial charge in [0.15, 0.2) is 5.78 Å². The van der Waals surface area contributed by atoms with E-state index in [1.807, 2.05) is 99.6 Å². The van der Waals surface area contributed by atoms with Crippen molar-refractivity contribution in [2.24, 2.45) is 17.1 Å². The van der Waals surface area contributed by atoms with Gasteiger partial charge in [0.2, 0.25) is 11.8 Å². The number of amides is 2. The molecule has 4 atom stereocenters. The van der Waals surface area contributed by atoms with Gasteiger partial charge in [-0.3, -0.25) is 14.4 Å². The van der Waals surface area contributed by atoms with E-state index in [0.717, 1.165) is 11.1 Å². The molecule has 2 amide bonds. The number of primary amides is 1. The lowest BCUT2D eigenvalue weighted by Gasteiger charge is -2.33. The van der Waals surface area contributed by atoms with Crippen LogP contribution in [0.25, 0.3) is 0 Å². The van der Waals surface area contributed by atoms with Gasteiger partial charge in [0.05, 0.1) is 12.0 Å². The van der Waals surface area contributed by atoms with E-state index in [1.165, 1.54) is 0 Å². The first-order valence-corrected chi connectivity index (χ1v) is 12.0. The molecule has 0 bridgehead atoms. The maximum Gasteiger partial charge on any atom is 0.240 e. The number of carbonyl (C=O) groups excluding carboxylic acids is 3. The van der Waals surface area contributed by atoms with Crippen LogP contribution >= 0.6 is 0 Å². The summed E-state index contributed by atoms with van der Waals surface area (Å²) in [6.45, 7) is 5.96. The van der Waals surface area contributed by atoms with E-state index in [-0.39, 0.29) is 23.5 Å². The molecule has 5 heteroatoms. The number of nitrogens with zero attached hydrogens (tertiary/aromatic N) is 1. The minimum absolute atomic E-state index is 0.106. The van der Waals surface area contributed by atoms with E-state index in [2.05, 4.69) is 0 Å². The molecule has 4 unspecified atom stereocenters. The van der Waals surface area contributed by atoms with Crippen LogP contribution in [-0.2, 0) is 9.59 Å². The van der Waals surface area contributed by atoms with Crippen molar-refractivity contribution in [3.63, 3.8) is 0 Å². The zero-order valence-electron chi connectivity index (χ0n) is 20.4. The summed E-state index contributed by atoms with van der Waals surface area (Å²) in [5.41, 5.74) is 7.89. The largest absolute Gasteiger partial charge is 0.368 e. The molecular formula is C30H32N2O3. The monoisotopic (exact) mass is 468 g/mol. The Hall–Kier alpha value is -3.73. The molecule has 2 N–H and O–H groups in total. The molecule has 35 heavy (non-hydrogen) atoms. The van der Waals surface area contributed by atoms with Crippen LogP contribution in [0.3, 0.4) is 0 Å². The third-order valence-corrected chi connectivity index (χ3v) is 6.61. The zero-order chi connectivity index (χ0) is 25.2. The molecule has 3 aromatic carbocycles. The quantitative estimate of drug-likeness (QED) is 0.509. The highest BCUT2D eigenvalue weighted by molar-refractivity contribution is 6.01. The fraction of sp³-hybridized carbons (Fsp3) is 0.300. The molecule has 0 aliphatic carbocycles. The summed E-state index contributed by atoms with van der Waals surface area (Å²) in [6, 6.07) is 26.5. The van der Waals surface area contributed by atoms with E-state index in [4.69, 9.17) is 5.73 Å². The van der Waals surface area contributed by atoms with E-state index < -0.39 is 29.8 Å². The SMILES string of the molecule is CC(C)(C)CC(=O)N1C(C(N)=O)C(c2ccccc2)C(C(=O)c2ccccc2)C1c1ccccc1. The Kier molecular flexibility index (Phi) is 6.88. The van der Waals surface area contributed by atoms with Crippen molar-refractivity contribution in [3.8, 4) is 0 Å². The van der Waals surface area contributed by atoms with Crippen molar-refractivity contribution in [3.05, 3.63) is 108 Å². The fourth-order valence-electron chi connectivity index (χ4n) is 5.27. The number of carbonyl (C=O) groups is 3. The lowest BCUT2D eigenvalue weighted by Crippen LogP contribution is -2.47. The first kappa shape index (κ1) is 24.4. The normalized spacial score (nSPS) is 22.1. The van der Waals surface area contributed by atoms with Crippen LogP contribution < -0.4 is 5.73 Å². The van der Waals surface area contributed by atoms with Gasteiger partial charge in [-0.2, -0.15) is 0 Å². The third-order valence-electron chi connectivity index (χ3n) is 6.61. The number of benzene rings is 3. The minimum Gasteiger partial charge on any atom is -0.368 e. The minimum atomic E-state index is -0.949. The van der Waals surface area contributed by atoms with Gasteiger partial charge >= 0.3 is 0 Å². The molecular weight excluding hydrogens is 436 g/mol. The Morgan fingerprint density at radius 3 is 1.74 bits per heavy atom. The number of nitrogens with two attached hydrogens (primary N) is 1. The topological polar surface area (TPSA) is 80.5 Å². The Balaban J connectivity index is 1.96. The molecule has 4 rings (SSSR count). The van der Waals surface area contributed by atoms with Crippen molar-refractivity contribution < 1.29 is 14.4 Å². The second-order valence-corrected chi connectivity index (χ2v) is 10.4. The maximum atomic E-state index is 14.1. The summed E-state index contributed by atoms with van der Waals surface area (Å²) >= 11 is 0. The summed E-state index contributed by atoms with van der Waals surface area (Å²) in [5, 5.41) is 0. The Morgan fingerprint density at radius 2 is 1.26 bits per heavy atom. The summed E-state index contributed by atoms with van der Waals surface area (Å²) in [7, 11) is 0. The summed E-state index contributed by atoms with van der Waals surface area (Å²) < 4.78 is 0. The molecule has 3 aromatic rings. The summed E-state index contributed by atoms with van der Waals surface area (Å²) in [5.74, 6) is -2.14. The molecule has 1 heterocycles. The second kappa shape index (κ2) is 9.87. The van der Waals surface area contributed by atoms with Crippen LogP contribution in [0, 0.1) is 11.3 Å². The highest BCUT2D eigenvalue weighted by Crippen LogP contribution is 2.51. The number of hydrogen-bond donors (Lipinski definition) is 1. The van der Waals surface area contributed by atoms with Crippen molar-refractivity contribution in [1.82, 2.24) is 4.90 Å². The van der Waals surface area contributed by atoms with E-state index in [9.17, 15) is 14.4 Å². The molecule has 1 saturated heterocycles.